The van der Waals surface area contributed by atoms with Crippen LogP contribution in [0.15, 0.2) is 24.3 Å². The van der Waals surface area contributed by atoms with Gasteiger partial charge in [-0.15, -0.1) is 0 Å². The molecule has 1 N–H and O–H groups in total. The summed E-state index contributed by atoms with van der Waals surface area (Å²) in [6, 6.07) is 7.94. The van der Waals surface area contributed by atoms with Crippen molar-refractivity contribution in [3.63, 3.8) is 0 Å². The summed E-state index contributed by atoms with van der Waals surface area (Å²) >= 11 is 5.27. The number of nitrogens with one attached hydrogen (secondary N) is 1. The maximum atomic E-state index is 13.5. The number of nitrogens with zero attached hydrogens (tertiary/aromatic N) is 2. The van der Waals surface area contributed by atoms with Gasteiger partial charge in [0.1, 0.15) is 0 Å². The lowest BCUT2D eigenvalue weighted by atomic mass is 9.68. The Morgan fingerprint density at radius 2 is 2.04 bits per heavy atom. The van der Waals surface area contributed by atoms with E-state index < -0.39 is 5.41 Å². The summed E-state index contributed by atoms with van der Waals surface area (Å²) in [5.74, 6) is -0.376. The van der Waals surface area contributed by atoms with E-state index in [-0.39, 0.29) is 29.0 Å². The molecule has 3 heterocycles. The highest BCUT2D eigenvalue weighted by molar-refractivity contribution is 7.80. The Labute approximate surface area is 147 Å². The second-order valence-corrected chi connectivity index (χ2v) is 7.54. The topological polar surface area (TPSA) is 52.7 Å². The van der Waals surface area contributed by atoms with E-state index in [1.165, 1.54) is 0 Å². The van der Waals surface area contributed by atoms with Crippen molar-refractivity contribution in [2.24, 2.45) is 5.41 Å². The third kappa shape index (κ3) is 1.89. The van der Waals surface area contributed by atoms with Crippen molar-refractivity contribution in [3.05, 3.63) is 29.8 Å². The Kier molecular flexibility index (Phi) is 3.42. The summed E-state index contributed by atoms with van der Waals surface area (Å²) in [5.41, 5.74) is 1.16. The second-order valence-electron chi connectivity index (χ2n) is 7.16. The van der Waals surface area contributed by atoms with Gasteiger partial charge in [-0.05, 0) is 57.0 Å². The predicted octanol–water partition coefficient (Wildman–Crippen LogP) is 1.85. The number of carbonyl (C=O) groups excluding carboxylic acids is 2. The van der Waals surface area contributed by atoms with Crippen LogP contribution in [-0.4, -0.2) is 40.5 Å². The van der Waals surface area contributed by atoms with E-state index in [1.54, 1.807) is 4.90 Å². The number of benzene rings is 1. The molecule has 2 fully saturated rings. The van der Waals surface area contributed by atoms with Crippen molar-refractivity contribution in [2.45, 2.75) is 45.2 Å². The van der Waals surface area contributed by atoms with Crippen molar-refractivity contribution in [1.82, 2.24) is 10.2 Å². The number of fused-ring (bicyclic) bond motifs is 4. The summed E-state index contributed by atoms with van der Waals surface area (Å²) in [5, 5.41) is 3.05. The second kappa shape index (κ2) is 5.28. The van der Waals surface area contributed by atoms with Crippen molar-refractivity contribution >= 4 is 34.8 Å². The van der Waals surface area contributed by atoms with Crippen molar-refractivity contribution < 1.29 is 9.59 Å². The highest BCUT2D eigenvalue weighted by Crippen LogP contribution is 2.48. The number of para-hydroxylation sites is 1. The van der Waals surface area contributed by atoms with Crippen LogP contribution in [0.3, 0.4) is 0 Å². The third-order valence-electron chi connectivity index (χ3n) is 5.55. The Balaban J connectivity index is 1.88. The largest absolute Gasteiger partial charge is 0.367 e. The molecule has 0 saturated carbocycles. The molecule has 24 heavy (non-hydrogen) atoms. The predicted molar refractivity (Wildman–Crippen MR) is 95.7 cm³/mol. The first-order valence-corrected chi connectivity index (χ1v) is 8.91. The molecule has 5 nitrogen and oxygen atoms in total. The van der Waals surface area contributed by atoms with E-state index in [4.69, 9.17) is 12.2 Å². The Hall–Kier alpha value is -1.95. The molecule has 0 aliphatic carbocycles. The smallest absolute Gasteiger partial charge is 0.247 e. The summed E-state index contributed by atoms with van der Waals surface area (Å²) in [6.45, 7) is 4.74. The number of amides is 2. The minimum Gasteiger partial charge on any atom is -0.367 e. The lowest BCUT2D eigenvalue weighted by Gasteiger charge is -2.51. The van der Waals surface area contributed by atoms with E-state index in [0.29, 0.717) is 6.42 Å². The maximum absolute atomic E-state index is 13.5. The van der Waals surface area contributed by atoms with Gasteiger partial charge in [-0.3, -0.25) is 14.5 Å². The Bertz CT molecular complexity index is 748. The molecule has 1 spiro atoms. The average Bonchev–Trinajstić information content (AvgIpc) is 3.02. The number of hydrogen-bond acceptors (Lipinski definition) is 4. The highest BCUT2D eigenvalue weighted by Gasteiger charge is 2.62. The molecule has 126 valence electrons. The zero-order valence-electron chi connectivity index (χ0n) is 13.9. The van der Waals surface area contributed by atoms with Gasteiger partial charge in [0, 0.05) is 18.3 Å². The van der Waals surface area contributed by atoms with Gasteiger partial charge in [0.25, 0.3) is 0 Å². The number of anilines is 1. The molecule has 1 aromatic carbocycles. The minimum absolute atomic E-state index is 0.0745. The van der Waals surface area contributed by atoms with Crippen LogP contribution in [0.4, 0.5) is 5.69 Å². The summed E-state index contributed by atoms with van der Waals surface area (Å²) in [4.78, 5) is 30.3. The van der Waals surface area contributed by atoms with Gasteiger partial charge >= 0.3 is 0 Å². The van der Waals surface area contributed by atoms with Gasteiger partial charge in [0.05, 0.1) is 6.04 Å². The standard InChI is InChI=1S/C18H21N3O2S/c1-11(2)21-16(23)18(15(22)19-17(21)24)10-12-6-3-4-7-13(12)20-9-5-8-14(18)20/h3-4,6-7,11,14H,5,8-10H2,1-2H3,(H,19,22,24)/t14-,18+/m1/s1. The number of thiocarbonyl (C=S) groups is 1. The zero-order chi connectivity index (χ0) is 17.1. The summed E-state index contributed by atoms with van der Waals surface area (Å²) in [7, 11) is 0. The van der Waals surface area contributed by atoms with E-state index in [1.807, 2.05) is 32.0 Å². The highest BCUT2D eigenvalue weighted by atomic mass is 32.1. The number of rotatable bonds is 1. The molecule has 0 unspecified atom stereocenters. The van der Waals surface area contributed by atoms with E-state index in [2.05, 4.69) is 16.3 Å². The van der Waals surface area contributed by atoms with Crippen LogP contribution in [0.5, 0.6) is 0 Å². The Morgan fingerprint density at radius 3 is 2.79 bits per heavy atom. The lowest BCUT2D eigenvalue weighted by molar-refractivity contribution is -0.153. The molecule has 0 bridgehead atoms. The van der Waals surface area contributed by atoms with Crippen molar-refractivity contribution in [1.29, 1.82) is 0 Å². The van der Waals surface area contributed by atoms with Crippen molar-refractivity contribution in [3.8, 4) is 0 Å². The average molecular weight is 343 g/mol. The first-order chi connectivity index (χ1) is 11.5. The molecule has 4 rings (SSSR count). The molecule has 3 aliphatic rings. The molecule has 3 aliphatic heterocycles. The third-order valence-corrected chi connectivity index (χ3v) is 5.85. The lowest BCUT2D eigenvalue weighted by Crippen LogP contribution is -2.72. The van der Waals surface area contributed by atoms with E-state index >= 15 is 0 Å². The monoisotopic (exact) mass is 343 g/mol. The molecule has 2 atom stereocenters. The SMILES string of the molecule is CC(C)N1C(=O)[C@]2(Cc3ccccc3N3CCC[C@@H]32)C(=O)NC1=S. The normalized spacial score (nSPS) is 29.1. The van der Waals surface area contributed by atoms with Crippen LogP contribution in [-0.2, 0) is 16.0 Å². The Morgan fingerprint density at radius 1 is 1.29 bits per heavy atom. The molecule has 6 heteroatoms. The molecular formula is C18H21N3O2S. The summed E-state index contributed by atoms with van der Waals surface area (Å²) < 4.78 is 0. The number of carbonyl (C=O) groups is 2. The van der Waals surface area contributed by atoms with Gasteiger partial charge < -0.3 is 10.2 Å². The van der Waals surface area contributed by atoms with Gasteiger partial charge in [-0.2, -0.15) is 0 Å². The summed E-state index contributed by atoms with van der Waals surface area (Å²) in [6.07, 6.45) is 2.29. The van der Waals surface area contributed by atoms with Crippen LogP contribution in [0.2, 0.25) is 0 Å². The first-order valence-electron chi connectivity index (χ1n) is 8.50. The minimum atomic E-state index is -1.07. The molecule has 0 radical (unpaired) electrons. The molecule has 2 saturated heterocycles. The van der Waals surface area contributed by atoms with E-state index in [9.17, 15) is 9.59 Å². The number of hydrogen-bond donors (Lipinski definition) is 1. The van der Waals surface area contributed by atoms with Crippen LogP contribution >= 0.6 is 12.2 Å². The first kappa shape index (κ1) is 15.6. The molecule has 2 amide bonds. The van der Waals surface area contributed by atoms with E-state index in [0.717, 1.165) is 30.6 Å². The van der Waals surface area contributed by atoms with Gasteiger partial charge in [-0.1, -0.05) is 18.2 Å². The van der Waals surface area contributed by atoms with Crippen LogP contribution in [0.25, 0.3) is 0 Å². The molecule has 1 aromatic rings. The zero-order valence-corrected chi connectivity index (χ0v) is 14.7. The van der Waals surface area contributed by atoms with Gasteiger partial charge in [0.2, 0.25) is 11.8 Å². The van der Waals surface area contributed by atoms with Crippen LogP contribution < -0.4 is 10.2 Å². The quantitative estimate of drug-likeness (QED) is 0.625. The molecule has 0 aromatic heterocycles. The van der Waals surface area contributed by atoms with Gasteiger partial charge in [-0.25, -0.2) is 0 Å². The van der Waals surface area contributed by atoms with Crippen LogP contribution in [0, 0.1) is 5.41 Å². The molecular weight excluding hydrogens is 322 g/mol. The maximum Gasteiger partial charge on any atom is 0.247 e. The van der Waals surface area contributed by atoms with Crippen molar-refractivity contribution in [2.75, 3.05) is 11.4 Å². The fraction of sp³-hybridized carbons (Fsp3) is 0.500. The van der Waals surface area contributed by atoms with Gasteiger partial charge in [0.15, 0.2) is 10.5 Å². The van der Waals surface area contributed by atoms with Crippen LogP contribution in [0.1, 0.15) is 32.3 Å². The fourth-order valence-corrected chi connectivity index (χ4v) is 4.90. The fourth-order valence-electron chi connectivity index (χ4n) is 4.52.